The highest BCUT2D eigenvalue weighted by Crippen LogP contribution is 2.46. The van der Waals surface area contributed by atoms with Gasteiger partial charge in [-0.15, -0.1) is 12.4 Å². The number of amides is 1. The zero-order chi connectivity index (χ0) is 13.5. The lowest BCUT2D eigenvalue weighted by molar-refractivity contribution is -0.127. The Morgan fingerprint density at radius 3 is 2.65 bits per heavy atom. The normalized spacial score (nSPS) is 21.3. The molecule has 1 saturated carbocycles. The van der Waals surface area contributed by atoms with Gasteiger partial charge in [0.05, 0.1) is 5.54 Å². The molecule has 2 N–H and O–H groups in total. The third-order valence-corrected chi connectivity index (χ3v) is 4.66. The minimum absolute atomic E-state index is 0. The van der Waals surface area contributed by atoms with E-state index >= 15 is 0 Å². The van der Waals surface area contributed by atoms with E-state index in [0.29, 0.717) is 5.92 Å². The topological polar surface area (TPSA) is 41.1 Å². The molecule has 3 rings (SSSR count). The molecule has 2 aliphatic rings. The van der Waals surface area contributed by atoms with Crippen LogP contribution in [0.3, 0.4) is 0 Å². The zero-order valence-electron chi connectivity index (χ0n) is 11.5. The molecule has 5 heteroatoms. The molecule has 0 spiro atoms. The maximum Gasteiger partial charge on any atom is 0.223 e. The van der Waals surface area contributed by atoms with Crippen LogP contribution in [0, 0.1) is 11.8 Å². The van der Waals surface area contributed by atoms with Crippen molar-refractivity contribution in [1.82, 2.24) is 10.6 Å². The van der Waals surface area contributed by atoms with Crippen molar-refractivity contribution >= 4 is 29.9 Å². The van der Waals surface area contributed by atoms with Crippen LogP contribution in [-0.4, -0.2) is 19.0 Å². The molecule has 1 saturated heterocycles. The summed E-state index contributed by atoms with van der Waals surface area (Å²) in [7, 11) is 0. The van der Waals surface area contributed by atoms with Crippen LogP contribution < -0.4 is 10.6 Å². The first-order valence-electron chi connectivity index (χ1n) is 6.89. The van der Waals surface area contributed by atoms with Crippen LogP contribution in [0.25, 0.3) is 0 Å². The number of carbonyl (C=O) groups excluding carboxylic acids is 1. The zero-order valence-corrected chi connectivity index (χ0v) is 13.1. The van der Waals surface area contributed by atoms with Crippen LogP contribution in [0.2, 0.25) is 5.02 Å². The highest BCUT2D eigenvalue weighted by Gasteiger charge is 2.46. The largest absolute Gasteiger partial charge is 0.346 e. The molecule has 0 aromatic heterocycles. The Morgan fingerprint density at radius 1 is 1.45 bits per heavy atom. The lowest BCUT2D eigenvalue weighted by Gasteiger charge is -2.33. The SMILES string of the molecule is CC(C(=O)NC1(c2cccc(Cl)c2)CC1)C1CNC1.Cl. The maximum atomic E-state index is 12.3. The first kappa shape index (κ1) is 15.6. The van der Waals surface area contributed by atoms with Crippen LogP contribution in [0.1, 0.15) is 25.3 Å². The molecule has 1 aromatic rings. The summed E-state index contributed by atoms with van der Waals surface area (Å²) >= 11 is 6.04. The van der Waals surface area contributed by atoms with E-state index in [0.717, 1.165) is 36.5 Å². The molecule has 0 bridgehead atoms. The van der Waals surface area contributed by atoms with E-state index in [2.05, 4.69) is 16.7 Å². The molecule has 3 nitrogen and oxygen atoms in total. The molecule has 1 heterocycles. The fourth-order valence-electron chi connectivity index (χ4n) is 2.63. The molecule has 110 valence electrons. The Labute approximate surface area is 130 Å². The lowest BCUT2D eigenvalue weighted by atomic mass is 9.88. The van der Waals surface area contributed by atoms with Crippen molar-refractivity contribution in [3.63, 3.8) is 0 Å². The number of benzene rings is 1. The second kappa shape index (κ2) is 5.92. The van der Waals surface area contributed by atoms with Crippen molar-refractivity contribution in [3.8, 4) is 0 Å². The highest BCUT2D eigenvalue weighted by molar-refractivity contribution is 6.30. The van der Waals surface area contributed by atoms with Gasteiger partial charge in [0.15, 0.2) is 0 Å². The Balaban J connectivity index is 0.00000147. The molecule has 0 radical (unpaired) electrons. The van der Waals surface area contributed by atoms with Crippen LogP contribution >= 0.6 is 24.0 Å². The van der Waals surface area contributed by atoms with E-state index < -0.39 is 0 Å². The van der Waals surface area contributed by atoms with Crippen molar-refractivity contribution in [2.75, 3.05) is 13.1 Å². The molecule has 1 amide bonds. The van der Waals surface area contributed by atoms with E-state index in [1.165, 1.54) is 0 Å². The van der Waals surface area contributed by atoms with Crippen molar-refractivity contribution in [3.05, 3.63) is 34.9 Å². The highest BCUT2D eigenvalue weighted by atomic mass is 35.5. The molecule has 1 aromatic carbocycles. The van der Waals surface area contributed by atoms with Gasteiger partial charge >= 0.3 is 0 Å². The predicted molar refractivity (Wildman–Crippen MR) is 83.3 cm³/mol. The molecule has 1 atom stereocenters. The summed E-state index contributed by atoms with van der Waals surface area (Å²) in [5.74, 6) is 0.733. The molecule has 2 fully saturated rings. The van der Waals surface area contributed by atoms with Crippen molar-refractivity contribution in [2.24, 2.45) is 11.8 Å². The summed E-state index contributed by atoms with van der Waals surface area (Å²) in [4.78, 5) is 12.3. The average Bonchev–Trinajstić information content (AvgIpc) is 3.07. The maximum absolute atomic E-state index is 12.3. The number of hydrogen-bond donors (Lipinski definition) is 2. The Hall–Kier alpha value is -0.770. The first-order valence-corrected chi connectivity index (χ1v) is 7.27. The molecule has 20 heavy (non-hydrogen) atoms. The summed E-state index contributed by atoms with van der Waals surface area (Å²) in [5.41, 5.74) is 0.972. The van der Waals surface area contributed by atoms with E-state index in [1.54, 1.807) is 0 Å². The molecular formula is C15H20Cl2N2O. The number of rotatable bonds is 4. The van der Waals surface area contributed by atoms with Gasteiger partial charge in [-0.1, -0.05) is 30.7 Å². The Bertz CT molecular complexity index is 498. The van der Waals surface area contributed by atoms with Crippen LogP contribution in [0.15, 0.2) is 24.3 Å². The lowest BCUT2D eigenvalue weighted by Crippen LogP contribution is -2.51. The summed E-state index contributed by atoms with van der Waals surface area (Å²) < 4.78 is 0. The minimum Gasteiger partial charge on any atom is -0.346 e. The van der Waals surface area contributed by atoms with Crippen LogP contribution in [0.4, 0.5) is 0 Å². The van der Waals surface area contributed by atoms with Crippen molar-refractivity contribution < 1.29 is 4.79 Å². The summed E-state index contributed by atoms with van der Waals surface area (Å²) in [6.45, 7) is 3.94. The van der Waals surface area contributed by atoms with Gasteiger partial charge in [0.2, 0.25) is 5.91 Å². The second-order valence-electron chi connectivity index (χ2n) is 5.79. The Morgan fingerprint density at radius 2 is 2.15 bits per heavy atom. The predicted octanol–water partition coefficient (Wildman–Crippen LogP) is 2.72. The monoisotopic (exact) mass is 314 g/mol. The number of carbonyl (C=O) groups is 1. The van der Waals surface area contributed by atoms with Crippen molar-refractivity contribution in [1.29, 1.82) is 0 Å². The van der Waals surface area contributed by atoms with Crippen molar-refractivity contribution in [2.45, 2.75) is 25.3 Å². The summed E-state index contributed by atoms with van der Waals surface area (Å²) in [6, 6.07) is 7.83. The summed E-state index contributed by atoms with van der Waals surface area (Å²) in [6.07, 6.45) is 2.02. The van der Waals surface area contributed by atoms with Gasteiger partial charge in [-0.25, -0.2) is 0 Å². The van der Waals surface area contributed by atoms with Crippen LogP contribution in [0.5, 0.6) is 0 Å². The van der Waals surface area contributed by atoms with Gasteiger partial charge in [0.25, 0.3) is 0 Å². The quantitative estimate of drug-likeness (QED) is 0.897. The van der Waals surface area contributed by atoms with E-state index in [4.69, 9.17) is 11.6 Å². The van der Waals surface area contributed by atoms with Gasteiger partial charge in [-0.2, -0.15) is 0 Å². The summed E-state index contributed by atoms with van der Waals surface area (Å²) in [5, 5.41) is 7.18. The first-order chi connectivity index (χ1) is 9.11. The number of nitrogens with one attached hydrogen (secondary N) is 2. The Kier molecular flexibility index (Phi) is 4.62. The van der Waals surface area contributed by atoms with Gasteiger partial charge < -0.3 is 10.6 Å². The fraction of sp³-hybridized carbons (Fsp3) is 0.533. The fourth-order valence-corrected chi connectivity index (χ4v) is 2.82. The number of hydrogen-bond acceptors (Lipinski definition) is 2. The third-order valence-electron chi connectivity index (χ3n) is 4.42. The van der Waals surface area contributed by atoms with Crippen LogP contribution in [-0.2, 0) is 10.3 Å². The third kappa shape index (κ3) is 2.95. The van der Waals surface area contributed by atoms with Gasteiger partial charge in [-0.05, 0) is 49.5 Å². The van der Waals surface area contributed by atoms with E-state index in [9.17, 15) is 4.79 Å². The van der Waals surface area contributed by atoms with Gasteiger partial charge in [0.1, 0.15) is 0 Å². The molecule has 1 aliphatic heterocycles. The molecular weight excluding hydrogens is 295 g/mol. The van der Waals surface area contributed by atoms with Gasteiger partial charge in [0, 0.05) is 10.9 Å². The van der Waals surface area contributed by atoms with E-state index in [1.807, 2.05) is 25.1 Å². The van der Waals surface area contributed by atoms with Gasteiger partial charge in [-0.3, -0.25) is 4.79 Å². The second-order valence-corrected chi connectivity index (χ2v) is 6.23. The minimum atomic E-state index is -0.159. The number of halogens is 2. The standard InChI is InChI=1S/C15H19ClN2O.ClH/c1-10(11-8-17-9-11)14(19)18-15(5-6-15)12-3-2-4-13(16)7-12;/h2-4,7,10-11,17H,5-6,8-9H2,1H3,(H,18,19);1H. The van der Waals surface area contributed by atoms with E-state index in [-0.39, 0.29) is 29.8 Å². The molecule has 1 aliphatic carbocycles. The molecule has 1 unspecified atom stereocenters. The smallest absolute Gasteiger partial charge is 0.223 e. The average molecular weight is 315 g/mol.